The van der Waals surface area contributed by atoms with Crippen molar-refractivity contribution >= 4 is 28.9 Å². The van der Waals surface area contributed by atoms with Gasteiger partial charge >= 0.3 is 0 Å². The monoisotopic (exact) mass is 421 g/mol. The number of benzene rings is 2. The van der Waals surface area contributed by atoms with E-state index in [1.807, 2.05) is 18.2 Å². The number of fused-ring (bicyclic) bond motifs is 1. The molecule has 0 bridgehead atoms. The zero-order valence-corrected chi connectivity index (χ0v) is 17.6. The van der Waals surface area contributed by atoms with E-state index in [9.17, 15) is 19.7 Å². The first-order valence-electron chi connectivity index (χ1n) is 10.9. The number of nitrogens with one attached hydrogen (secondary N) is 1. The number of nitro groups is 1. The Morgan fingerprint density at radius 2 is 1.81 bits per heavy atom. The van der Waals surface area contributed by atoms with Crippen molar-refractivity contribution in [1.82, 2.24) is 0 Å². The van der Waals surface area contributed by atoms with Gasteiger partial charge in [0.2, 0.25) is 11.8 Å². The average Bonchev–Trinajstić information content (AvgIpc) is 3.01. The first-order chi connectivity index (χ1) is 15.0. The number of imide groups is 1. The molecule has 162 valence electrons. The molecule has 31 heavy (non-hydrogen) atoms. The highest BCUT2D eigenvalue weighted by molar-refractivity contribution is 6.22. The summed E-state index contributed by atoms with van der Waals surface area (Å²) in [5.41, 5.74) is 1.78. The Morgan fingerprint density at radius 3 is 2.55 bits per heavy atom. The van der Waals surface area contributed by atoms with Gasteiger partial charge in [0.05, 0.1) is 22.4 Å². The van der Waals surface area contributed by atoms with E-state index >= 15 is 0 Å². The largest absolute Gasteiger partial charge is 0.379 e. The maximum absolute atomic E-state index is 12.9. The Bertz CT molecular complexity index is 992. The van der Waals surface area contributed by atoms with Crippen LogP contribution >= 0.6 is 0 Å². The smallest absolute Gasteiger partial charge is 0.294 e. The molecule has 2 fully saturated rings. The molecule has 0 spiro atoms. The highest BCUT2D eigenvalue weighted by Crippen LogP contribution is 2.43. The number of carbonyl (C=O) groups excluding carboxylic acids is 2. The van der Waals surface area contributed by atoms with E-state index in [2.05, 4.69) is 24.4 Å². The minimum Gasteiger partial charge on any atom is -0.379 e. The number of hydrogen-bond donors (Lipinski definition) is 1. The van der Waals surface area contributed by atoms with Crippen LogP contribution in [0.3, 0.4) is 0 Å². The number of rotatable bonds is 7. The van der Waals surface area contributed by atoms with Crippen LogP contribution in [0.1, 0.15) is 38.2 Å². The van der Waals surface area contributed by atoms with Gasteiger partial charge in [-0.3, -0.25) is 19.7 Å². The number of nitro benzene ring substituents is 1. The van der Waals surface area contributed by atoms with Gasteiger partial charge in [0.15, 0.2) is 0 Å². The molecule has 0 unspecified atom stereocenters. The van der Waals surface area contributed by atoms with Gasteiger partial charge < -0.3 is 5.32 Å². The van der Waals surface area contributed by atoms with Crippen molar-refractivity contribution in [2.75, 3.05) is 16.8 Å². The lowest BCUT2D eigenvalue weighted by atomic mass is 9.76. The molecule has 2 amide bonds. The van der Waals surface area contributed by atoms with E-state index in [0.29, 0.717) is 36.7 Å². The quantitative estimate of drug-likeness (QED) is 0.306. The van der Waals surface area contributed by atoms with Crippen LogP contribution in [0.4, 0.5) is 17.1 Å². The van der Waals surface area contributed by atoms with Crippen LogP contribution in [-0.4, -0.2) is 23.3 Å². The van der Waals surface area contributed by atoms with Gasteiger partial charge in [-0.25, -0.2) is 4.90 Å². The van der Waals surface area contributed by atoms with Crippen LogP contribution in [-0.2, 0) is 16.0 Å². The van der Waals surface area contributed by atoms with Crippen molar-refractivity contribution in [3.05, 3.63) is 64.2 Å². The molecule has 1 aliphatic carbocycles. The summed E-state index contributed by atoms with van der Waals surface area (Å²) >= 11 is 0. The molecule has 0 radical (unpaired) electrons. The van der Waals surface area contributed by atoms with Crippen LogP contribution in [0, 0.1) is 27.9 Å². The molecule has 0 aromatic heterocycles. The van der Waals surface area contributed by atoms with E-state index in [1.165, 1.54) is 16.5 Å². The summed E-state index contributed by atoms with van der Waals surface area (Å²) in [5, 5.41) is 14.8. The lowest BCUT2D eigenvalue weighted by molar-refractivity contribution is -0.383. The second kappa shape index (κ2) is 8.88. The maximum atomic E-state index is 12.9. The number of hydrogen-bond acceptors (Lipinski definition) is 5. The summed E-state index contributed by atoms with van der Waals surface area (Å²) < 4.78 is 0. The van der Waals surface area contributed by atoms with Crippen LogP contribution in [0.5, 0.6) is 0 Å². The fourth-order valence-corrected chi connectivity index (χ4v) is 4.76. The highest BCUT2D eigenvalue weighted by Gasteiger charge is 2.50. The first-order valence-corrected chi connectivity index (χ1v) is 10.9. The van der Waals surface area contributed by atoms with Crippen molar-refractivity contribution in [1.29, 1.82) is 0 Å². The van der Waals surface area contributed by atoms with Gasteiger partial charge in [-0.1, -0.05) is 37.3 Å². The average molecular weight is 421 g/mol. The zero-order chi connectivity index (χ0) is 22.0. The Balaban J connectivity index is 1.47. The molecule has 1 N–H and O–H groups in total. The summed E-state index contributed by atoms with van der Waals surface area (Å²) in [6, 6.07) is 14.6. The predicted octanol–water partition coefficient (Wildman–Crippen LogP) is 4.57. The van der Waals surface area contributed by atoms with Crippen molar-refractivity contribution in [2.24, 2.45) is 17.8 Å². The Morgan fingerprint density at radius 1 is 1.06 bits per heavy atom. The number of nitrogens with zero attached hydrogens (tertiary/aromatic N) is 2. The third-order valence-electron chi connectivity index (χ3n) is 6.42. The third kappa shape index (κ3) is 4.31. The Labute approximate surface area is 181 Å². The second-order valence-corrected chi connectivity index (χ2v) is 8.62. The standard InChI is InChI=1S/C24H27N3O4/c1-16-9-11-19-20(14-16)24(29)26(23(19)28)18-10-12-21(22(15-18)27(30)31)25-13-5-8-17-6-3-2-4-7-17/h2-4,6-7,10,12,15-16,19-20,25H,5,8-9,11,13-14H2,1H3/t16-,19+,20+/m1/s1. The molecule has 1 saturated carbocycles. The van der Waals surface area contributed by atoms with Crippen LogP contribution in [0.2, 0.25) is 0 Å². The van der Waals surface area contributed by atoms with Gasteiger partial charge in [0, 0.05) is 12.6 Å². The fourth-order valence-electron chi connectivity index (χ4n) is 4.76. The van der Waals surface area contributed by atoms with Crippen LogP contribution < -0.4 is 10.2 Å². The summed E-state index contributed by atoms with van der Waals surface area (Å²) in [6.45, 7) is 2.68. The molecule has 7 nitrogen and oxygen atoms in total. The summed E-state index contributed by atoms with van der Waals surface area (Å²) in [5.74, 6) is -0.626. The van der Waals surface area contributed by atoms with Gasteiger partial charge in [-0.2, -0.15) is 0 Å². The zero-order valence-electron chi connectivity index (χ0n) is 17.6. The van der Waals surface area contributed by atoms with E-state index in [0.717, 1.165) is 19.3 Å². The molecule has 3 atom stereocenters. The lowest BCUT2D eigenvalue weighted by Gasteiger charge is -2.25. The van der Waals surface area contributed by atoms with Gasteiger partial charge in [-0.05, 0) is 55.7 Å². The van der Waals surface area contributed by atoms with Gasteiger partial charge in [0.25, 0.3) is 5.69 Å². The van der Waals surface area contributed by atoms with E-state index < -0.39 is 4.92 Å². The normalized spacial score (nSPS) is 23.0. The molecule has 1 aliphatic heterocycles. The van der Waals surface area contributed by atoms with E-state index in [1.54, 1.807) is 12.1 Å². The number of anilines is 2. The van der Waals surface area contributed by atoms with Crippen molar-refractivity contribution in [3.8, 4) is 0 Å². The van der Waals surface area contributed by atoms with Gasteiger partial charge in [0.1, 0.15) is 5.69 Å². The van der Waals surface area contributed by atoms with Gasteiger partial charge in [-0.15, -0.1) is 0 Å². The van der Waals surface area contributed by atoms with Crippen LogP contribution in [0.25, 0.3) is 0 Å². The topological polar surface area (TPSA) is 92.6 Å². The van der Waals surface area contributed by atoms with E-state index in [4.69, 9.17) is 0 Å². The van der Waals surface area contributed by atoms with Crippen LogP contribution in [0.15, 0.2) is 48.5 Å². The number of aryl methyl sites for hydroxylation is 1. The molecule has 7 heteroatoms. The molecule has 2 aromatic rings. The minimum absolute atomic E-state index is 0.124. The Kier molecular flexibility index (Phi) is 6.02. The molecule has 2 aliphatic rings. The molecule has 2 aromatic carbocycles. The number of carbonyl (C=O) groups is 2. The van der Waals surface area contributed by atoms with Crippen molar-refractivity contribution < 1.29 is 14.5 Å². The fraction of sp³-hybridized carbons (Fsp3) is 0.417. The van der Waals surface area contributed by atoms with Crippen molar-refractivity contribution in [3.63, 3.8) is 0 Å². The molecular formula is C24H27N3O4. The highest BCUT2D eigenvalue weighted by atomic mass is 16.6. The summed E-state index contributed by atoms with van der Waals surface area (Å²) in [7, 11) is 0. The summed E-state index contributed by atoms with van der Waals surface area (Å²) in [6.07, 6.45) is 4.04. The minimum atomic E-state index is -0.469. The molecule has 1 heterocycles. The summed E-state index contributed by atoms with van der Waals surface area (Å²) in [4.78, 5) is 38.2. The Hall–Kier alpha value is -3.22. The molecule has 4 rings (SSSR count). The second-order valence-electron chi connectivity index (χ2n) is 8.62. The van der Waals surface area contributed by atoms with Crippen molar-refractivity contribution in [2.45, 2.75) is 39.0 Å². The maximum Gasteiger partial charge on any atom is 0.294 e. The SMILES string of the molecule is C[C@@H]1CC[C@@H]2C(=O)N(c3ccc(NCCCc4ccccc4)c([N+](=O)[O-])c3)C(=O)[C@H]2C1. The van der Waals surface area contributed by atoms with E-state index in [-0.39, 0.29) is 29.3 Å². The third-order valence-corrected chi connectivity index (χ3v) is 6.42. The first kappa shape index (κ1) is 21.0. The predicted molar refractivity (Wildman–Crippen MR) is 119 cm³/mol. The lowest BCUT2D eigenvalue weighted by Crippen LogP contribution is -2.31. The molecular weight excluding hydrogens is 394 g/mol. The molecule has 1 saturated heterocycles. The number of amides is 2.